The topological polar surface area (TPSA) is 63.7 Å². The first-order valence-corrected chi connectivity index (χ1v) is 10.1. The molecule has 1 heterocycles. The molecule has 0 radical (unpaired) electrons. The molecule has 0 aliphatic carbocycles. The molecule has 0 N–H and O–H groups in total. The van der Waals surface area contributed by atoms with Crippen LogP contribution in [0.25, 0.3) is 0 Å². The summed E-state index contributed by atoms with van der Waals surface area (Å²) in [4.78, 5) is 13.8. The van der Waals surface area contributed by atoms with E-state index in [2.05, 4.69) is 20.7 Å². The van der Waals surface area contributed by atoms with Crippen LogP contribution in [-0.4, -0.2) is 50.4 Å². The first-order valence-electron chi connectivity index (χ1n) is 7.36. The van der Waals surface area contributed by atoms with Gasteiger partial charge in [0.25, 0.3) is 0 Å². The Morgan fingerprint density at radius 1 is 1.46 bits per heavy atom. The summed E-state index contributed by atoms with van der Waals surface area (Å²) in [5.74, 6) is -0.152. The molecule has 0 spiro atoms. The van der Waals surface area contributed by atoms with Crippen molar-refractivity contribution in [3.63, 3.8) is 0 Å². The Hall–Kier alpha value is -1.22. The summed E-state index contributed by atoms with van der Waals surface area (Å²) in [6.45, 7) is -2.35. The van der Waals surface area contributed by atoms with Crippen LogP contribution in [0.2, 0.25) is 0 Å². The van der Waals surface area contributed by atoms with Gasteiger partial charge in [0.2, 0.25) is 5.91 Å². The number of rotatable bonds is 6. The SMILES string of the molecule is CS(=O)(=O)C1CCN(C(=O)CCc2cc(Br)ccc2OC(F)F)C1. The second-order valence-electron chi connectivity index (χ2n) is 5.71. The fraction of sp³-hybridized carbons (Fsp3) is 0.533. The number of sulfone groups is 1. The number of aryl methyl sites for hydroxylation is 1. The Balaban J connectivity index is 1.98. The average molecular weight is 426 g/mol. The predicted molar refractivity (Wildman–Crippen MR) is 88.9 cm³/mol. The van der Waals surface area contributed by atoms with E-state index < -0.39 is 21.7 Å². The highest BCUT2D eigenvalue weighted by Crippen LogP contribution is 2.26. The smallest absolute Gasteiger partial charge is 0.387 e. The number of amides is 1. The van der Waals surface area contributed by atoms with E-state index in [1.54, 1.807) is 12.1 Å². The van der Waals surface area contributed by atoms with E-state index in [4.69, 9.17) is 0 Å². The Kier molecular flexibility index (Phi) is 6.19. The van der Waals surface area contributed by atoms with E-state index in [1.807, 2.05) is 0 Å². The van der Waals surface area contributed by atoms with Gasteiger partial charge in [-0.1, -0.05) is 15.9 Å². The fourth-order valence-electron chi connectivity index (χ4n) is 2.66. The van der Waals surface area contributed by atoms with Gasteiger partial charge in [0.05, 0.1) is 5.25 Å². The van der Waals surface area contributed by atoms with Gasteiger partial charge in [0.1, 0.15) is 5.75 Å². The molecule has 0 aromatic heterocycles. The zero-order valence-electron chi connectivity index (χ0n) is 13.0. The number of hydrogen-bond acceptors (Lipinski definition) is 4. The molecule has 1 aromatic carbocycles. The number of carbonyl (C=O) groups is 1. The van der Waals surface area contributed by atoms with E-state index in [0.717, 1.165) is 0 Å². The van der Waals surface area contributed by atoms with Crippen LogP contribution in [0.15, 0.2) is 22.7 Å². The molecule has 9 heteroatoms. The summed E-state index contributed by atoms with van der Waals surface area (Å²) in [6, 6.07) is 4.64. The molecular formula is C15H18BrF2NO4S. The molecule has 24 heavy (non-hydrogen) atoms. The van der Waals surface area contributed by atoms with Gasteiger partial charge in [-0.2, -0.15) is 8.78 Å². The van der Waals surface area contributed by atoms with Gasteiger partial charge in [-0.25, -0.2) is 8.42 Å². The second-order valence-corrected chi connectivity index (χ2v) is 8.95. The van der Waals surface area contributed by atoms with Crippen molar-refractivity contribution in [3.8, 4) is 5.75 Å². The highest BCUT2D eigenvalue weighted by atomic mass is 79.9. The van der Waals surface area contributed by atoms with Gasteiger partial charge in [0.15, 0.2) is 9.84 Å². The minimum Gasteiger partial charge on any atom is -0.435 e. The maximum Gasteiger partial charge on any atom is 0.387 e. The molecule has 1 aliphatic heterocycles. The van der Waals surface area contributed by atoms with Crippen molar-refractivity contribution in [1.29, 1.82) is 0 Å². The van der Waals surface area contributed by atoms with Crippen LogP contribution in [0.4, 0.5) is 8.78 Å². The number of carbonyl (C=O) groups excluding carboxylic acids is 1. The van der Waals surface area contributed by atoms with Crippen molar-refractivity contribution in [2.45, 2.75) is 31.1 Å². The highest BCUT2D eigenvalue weighted by Gasteiger charge is 2.32. The monoisotopic (exact) mass is 425 g/mol. The Labute approximate surface area is 148 Å². The molecule has 1 atom stereocenters. The summed E-state index contributed by atoms with van der Waals surface area (Å²) in [7, 11) is -3.17. The van der Waals surface area contributed by atoms with E-state index in [1.165, 1.54) is 17.2 Å². The van der Waals surface area contributed by atoms with E-state index in [0.29, 0.717) is 23.0 Å². The molecule has 134 valence electrons. The normalized spacial score (nSPS) is 18.2. The van der Waals surface area contributed by atoms with Crippen LogP contribution < -0.4 is 4.74 Å². The van der Waals surface area contributed by atoms with Crippen LogP contribution in [-0.2, 0) is 21.1 Å². The molecule has 1 aliphatic rings. The minimum atomic E-state index is -3.17. The van der Waals surface area contributed by atoms with Crippen LogP contribution in [0.1, 0.15) is 18.4 Å². The summed E-state index contributed by atoms with van der Waals surface area (Å²) in [5.41, 5.74) is 0.497. The minimum absolute atomic E-state index is 0.0384. The highest BCUT2D eigenvalue weighted by molar-refractivity contribution is 9.10. The van der Waals surface area contributed by atoms with Crippen molar-refractivity contribution < 1.29 is 26.7 Å². The summed E-state index contributed by atoms with van der Waals surface area (Å²) < 4.78 is 53.1. The lowest BCUT2D eigenvalue weighted by atomic mass is 10.1. The maximum atomic E-state index is 12.4. The van der Waals surface area contributed by atoms with Crippen molar-refractivity contribution in [3.05, 3.63) is 28.2 Å². The quantitative estimate of drug-likeness (QED) is 0.702. The zero-order chi connectivity index (χ0) is 17.9. The third-order valence-electron chi connectivity index (χ3n) is 3.95. The van der Waals surface area contributed by atoms with Gasteiger partial charge in [-0.05, 0) is 36.6 Å². The predicted octanol–water partition coefficient (Wildman–Crippen LogP) is 2.63. The summed E-state index contributed by atoms with van der Waals surface area (Å²) >= 11 is 3.26. The summed E-state index contributed by atoms with van der Waals surface area (Å²) in [5, 5.41) is -0.523. The first-order chi connectivity index (χ1) is 11.2. The molecule has 1 aromatic rings. The Morgan fingerprint density at radius 2 is 2.17 bits per heavy atom. The number of halogens is 3. The van der Waals surface area contributed by atoms with Gasteiger partial charge in [0, 0.05) is 30.2 Å². The summed E-state index contributed by atoms with van der Waals surface area (Å²) in [6.07, 6.45) is 1.94. The van der Waals surface area contributed by atoms with Gasteiger partial charge in [-0.15, -0.1) is 0 Å². The maximum absolute atomic E-state index is 12.4. The van der Waals surface area contributed by atoms with Crippen molar-refractivity contribution >= 4 is 31.7 Å². The average Bonchev–Trinajstić information content (AvgIpc) is 2.96. The molecule has 0 saturated carbocycles. The van der Waals surface area contributed by atoms with Crippen molar-refractivity contribution in [2.24, 2.45) is 0 Å². The number of likely N-dealkylation sites (tertiary alicyclic amines) is 1. The molecule has 1 amide bonds. The van der Waals surface area contributed by atoms with E-state index in [9.17, 15) is 22.0 Å². The fourth-order valence-corrected chi connectivity index (χ4v) is 4.05. The Morgan fingerprint density at radius 3 is 2.75 bits per heavy atom. The van der Waals surface area contributed by atoms with E-state index in [-0.39, 0.29) is 31.0 Å². The lowest BCUT2D eigenvalue weighted by molar-refractivity contribution is -0.130. The molecule has 1 saturated heterocycles. The number of alkyl halides is 2. The zero-order valence-corrected chi connectivity index (χ0v) is 15.4. The lowest BCUT2D eigenvalue weighted by Gasteiger charge is -2.17. The van der Waals surface area contributed by atoms with E-state index >= 15 is 0 Å². The van der Waals surface area contributed by atoms with Crippen LogP contribution in [0.5, 0.6) is 5.75 Å². The third-order valence-corrected chi connectivity index (χ3v) is 6.04. The number of hydrogen-bond donors (Lipinski definition) is 0. The molecule has 2 rings (SSSR count). The lowest BCUT2D eigenvalue weighted by Crippen LogP contribution is -2.31. The van der Waals surface area contributed by atoms with Crippen LogP contribution in [0, 0.1) is 0 Å². The second kappa shape index (κ2) is 7.77. The van der Waals surface area contributed by atoms with Crippen LogP contribution in [0.3, 0.4) is 0 Å². The number of ether oxygens (including phenoxy) is 1. The van der Waals surface area contributed by atoms with Crippen LogP contribution >= 0.6 is 15.9 Å². The molecular weight excluding hydrogens is 408 g/mol. The van der Waals surface area contributed by atoms with Crippen molar-refractivity contribution in [1.82, 2.24) is 4.90 Å². The van der Waals surface area contributed by atoms with Gasteiger partial charge >= 0.3 is 6.61 Å². The molecule has 1 unspecified atom stereocenters. The van der Waals surface area contributed by atoms with Crippen molar-refractivity contribution in [2.75, 3.05) is 19.3 Å². The first kappa shape index (κ1) is 19.1. The molecule has 5 nitrogen and oxygen atoms in total. The van der Waals surface area contributed by atoms with Gasteiger partial charge in [-0.3, -0.25) is 4.79 Å². The Bertz CT molecular complexity index is 711. The number of nitrogens with zero attached hydrogens (tertiary/aromatic N) is 1. The van der Waals surface area contributed by atoms with Gasteiger partial charge < -0.3 is 9.64 Å². The largest absolute Gasteiger partial charge is 0.435 e. The third kappa shape index (κ3) is 5.14. The molecule has 1 fully saturated rings. The molecule has 0 bridgehead atoms. The number of benzene rings is 1. The standard InChI is InChI=1S/C15H18BrF2NO4S/c1-24(21,22)12-6-7-19(9-12)14(20)5-2-10-8-11(16)3-4-13(10)23-15(17)18/h3-4,8,12,15H,2,5-7,9H2,1H3.